The number of carbonyl (C=O) groups excluding carboxylic acids is 1. The molecule has 4 rings (SSSR count). The molecule has 0 spiro atoms. The molecule has 0 radical (unpaired) electrons. The molecule has 34 heavy (non-hydrogen) atoms. The number of benzene rings is 2. The van der Waals surface area contributed by atoms with Crippen molar-refractivity contribution < 1.29 is 18.7 Å². The molecule has 2 aliphatic heterocycles. The number of halogens is 1. The van der Waals surface area contributed by atoms with Crippen LogP contribution < -0.4 is 10.1 Å². The first-order valence-electron chi connectivity index (χ1n) is 12.5. The number of hydrogen-bond acceptors (Lipinski definition) is 4. The molecule has 0 unspecified atom stereocenters. The number of amides is 1. The van der Waals surface area contributed by atoms with Gasteiger partial charge in [-0.25, -0.2) is 4.39 Å². The average Bonchev–Trinajstić information content (AvgIpc) is 2.86. The first-order chi connectivity index (χ1) is 16.5. The third kappa shape index (κ3) is 5.78. The third-order valence-corrected chi connectivity index (χ3v) is 7.50. The molecule has 5 nitrogen and oxygen atoms in total. The Morgan fingerprint density at radius 2 is 2.03 bits per heavy atom. The van der Waals surface area contributed by atoms with Gasteiger partial charge in [0, 0.05) is 37.9 Å². The molecule has 2 aromatic rings. The van der Waals surface area contributed by atoms with E-state index in [0.717, 1.165) is 24.2 Å². The van der Waals surface area contributed by atoms with Crippen LogP contribution in [0.4, 0.5) is 4.39 Å². The Labute approximate surface area is 202 Å². The Morgan fingerprint density at radius 3 is 2.79 bits per heavy atom. The van der Waals surface area contributed by atoms with Gasteiger partial charge in [0.15, 0.2) is 0 Å². The summed E-state index contributed by atoms with van der Waals surface area (Å²) in [5.74, 6) is 0.447. The fourth-order valence-corrected chi connectivity index (χ4v) is 5.38. The van der Waals surface area contributed by atoms with Crippen molar-refractivity contribution in [1.82, 2.24) is 10.2 Å². The Morgan fingerprint density at radius 1 is 1.21 bits per heavy atom. The van der Waals surface area contributed by atoms with Gasteiger partial charge in [-0.3, -0.25) is 9.69 Å². The molecule has 0 bridgehead atoms. The summed E-state index contributed by atoms with van der Waals surface area (Å²) in [5.41, 5.74) is 2.17. The molecule has 1 amide bonds. The molecule has 2 aromatic carbocycles. The Balaban J connectivity index is 1.48. The summed E-state index contributed by atoms with van der Waals surface area (Å²) in [6.45, 7) is 6.15. The Bertz CT molecular complexity index is 974. The van der Waals surface area contributed by atoms with Gasteiger partial charge in [0.1, 0.15) is 11.6 Å². The van der Waals surface area contributed by atoms with Crippen molar-refractivity contribution in [2.45, 2.75) is 51.5 Å². The van der Waals surface area contributed by atoms with Gasteiger partial charge in [0.25, 0.3) is 0 Å². The summed E-state index contributed by atoms with van der Waals surface area (Å²) in [6, 6.07) is 13.2. The first-order valence-corrected chi connectivity index (χ1v) is 12.5. The Hall–Kier alpha value is -2.44. The van der Waals surface area contributed by atoms with Crippen LogP contribution in [-0.4, -0.2) is 56.8 Å². The number of ether oxygens (including phenoxy) is 2. The monoisotopic (exact) mass is 468 g/mol. The number of hydrogen-bond donors (Lipinski definition) is 1. The second-order valence-corrected chi connectivity index (χ2v) is 9.75. The number of nitrogens with zero attached hydrogens (tertiary/aromatic N) is 1. The van der Waals surface area contributed by atoms with Gasteiger partial charge in [-0.05, 0) is 74.9 Å². The van der Waals surface area contributed by atoms with Crippen LogP contribution in [0.15, 0.2) is 42.5 Å². The van der Waals surface area contributed by atoms with Gasteiger partial charge in [0.2, 0.25) is 5.91 Å². The van der Waals surface area contributed by atoms with Crippen molar-refractivity contribution >= 4 is 5.91 Å². The second kappa shape index (κ2) is 11.3. The van der Waals surface area contributed by atoms with E-state index in [1.54, 1.807) is 13.2 Å². The Kier molecular flexibility index (Phi) is 8.22. The largest absolute Gasteiger partial charge is 0.496 e. The topological polar surface area (TPSA) is 50.8 Å². The minimum atomic E-state index is -0.490. The van der Waals surface area contributed by atoms with Crippen LogP contribution in [0.3, 0.4) is 0 Å². The van der Waals surface area contributed by atoms with E-state index in [1.807, 2.05) is 12.1 Å². The zero-order valence-electron chi connectivity index (χ0n) is 20.4. The van der Waals surface area contributed by atoms with Crippen LogP contribution in [-0.2, 0) is 16.0 Å². The van der Waals surface area contributed by atoms with E-state index in [9.17, 15) is 9.18 Å². The fourth-order valence-electron chi connectivity index (χ4n) is 5.38. The number of rotatable bonds is 8. The standard InChI is InChI=1S/C28H37FN2O3/c1-21-6-3-4-14-31(21)15-13-30-27(32)28(11-16-34-17-12-28)20-22-7-5-8-23(18-22)25-19-24(29)9-10-26(25)33-2/h5,7-10,18-19,21H,3-4,6,11-17,20H2,1-2H3,(H,30,32)/t21-/m1/s1. The van der Waals surface area contributed by atoms with Crippen LogP contribution in [0.1, 0.15) is 44.6 Å². The van der Waals surface area contributed by atoms with Crippen molar-refractivity contribution in [2.24, 2.45) is 5.41 Å². The molecule has 2 saturated heterocycles. The van der Waals surface area contributed by atoms with Crippen LogP contribution in [0.2, 0.25) is 0 Å². The summed E-state index contributed by atoms with van der Waals surface area (Å²) in [4.78, 5) is 16.0. The minimum Gasteiger partial charge on any atom is -0.496 e. The van der Waals surface area contributed by atoms with E-state index in [1.165, 1.54) is 31.4 Å². The van der Waals surface area contributed by atoms with Crippen molar-refractivity contribution in [2.75, 3.05) is 40.0 Å². The van der Waals surface area contributed by atoms with Crippen molar-refractivity contribution in [3.63, 3.8) is 0 Å². The van der Waals surface area contributed by atoms with Gasteiger partial charge in [-0.1, -0.05) is 30.7 Å². The lowest BCUT2D eigenvalue weighted by atomic mass is 9.74. The SMILES string of the molecule is COc1ccc(F)cc1-c1cccc(CC2(C(=O)NCCN3CCCC[C@H]3C)CCOCC2)c1. The zero-order valence-corrected chi connectivity index (χ0v) is 20.4. The van der Waals surface area contributed by atoms with Gasteiger partial charge in [-0.15, -0.1) is 0 Å². The molecule has 1 N–H and O–H groups in total. The van der Waals surface area contributed by atoms with Crippen LogP contribution >= 0.6 is 0 Å². The number of likely N-dealkylation sites (tertiary alicyclic amines) is 1. The van der Waals surface area contributed by atoms with Crippen molar-refractivity contribution in [1.29, 1.82) is 0 Å². The van der Waals surface area contributed by atoms with E-state index in [0.29, 0.717) is 56.4 Å². The molecule has 6 heteroatoms. The minimum absolute atomic E-state index is 0.120. The molecule has 184 valence electrons. The van der Waals surface area contributed by atoms with Gasteiger partial charge in [-0.2, -0.15) is 0 Å². The zero-order chi connectivity index (χ0) is 24.0. The third-order valence-electron chi connectivity index (χ3n) is 7.50. The summed E-state index contributed by atoms with van der Waals surface area (Å²) in [5, 5.41) is 3.25. The predicted octanol–water partition coefficient (Wildman–Crippen LogP) is 4.83. The quantitative estimate of drug-likeness (QED) is 0.603. The summed E-state index contributed by atoms with van der Waals surface area (Å²) in [6.07, 6.45) is 5.81. The van der Waals surface area contributed by atoms with E-state index in [-0.39, 0.29) is 11.7 Å². The van der Waals surface area contributed by atoms with Gasteiger partial charge in [0.05, 0.1) is 12.5 Å². The molecule has 1 atom stereocenters. The summed E-state index contributed by atoms with van der Waals surface area (Å²) < 4.78 is 25.0. The molecule has 2 heterocycles. The van der Waals surface area contributed by atoms with E-state index >= 15 is 0 Å². The molecule has 2 aliphatic rings. The second-order valence-electron chi connectivity index (χ2n) is 9.75. The highest BCUT2D eigenvalue weighted by Gasteiger charge is 2.40. The van der Waals surface area contributed by atoms with Gasteiger partial charge < -0.3 is 14.8 Å². The predicted molar refractivity (Wildman–Crippen MR) is 132 cm³/mol. The number of carbonyl (C=O) groups is 1. The van der Waals surface area contributed by atoms with E-state index in [4.69, 9.17) is 9.47 Å². The smallest absolute Gasteiger partial charge is 0.226 e. The highest BCUT2D eigenvalue weighted by molar-refractivity contribution is 5.83. The molecule has 0 aliphatic carbocycles. The maximum Gasteiger partial charge on any atom is 0.226 e. The lowest BCUT2D eigenvalue weighted by Crippen LogP contribution is -2.49. The summed E-state index contributed by atoms with van der Waals surface area (Å²) in [7, 11) is 1.59. The molecule has 2 fully saturated rings. The lowest BCUT2D eigenvalue weighted by molar-refractivity contribution is -0.136. The fraction of sp³-hybridized carbons (Fsp3) is 0.536. The first kappa shape index (κ1) is 24.7. The lowest BCUT2D eigenvalue weighted by Gasteiger charge is -2.37. The van der Waals surface area contributed by atoms with E-state index < -0.39 is 5.41 Å². The molecular formula is C28H37FN2O3. The highest BCUT2D eigenvalue weighted by Crippen LogP contribution is 2.37. The molecule has 0 aromatic heterocycles. The average molecular weight is 469 g/mol. The van der Waals surface area contributed by atoms with Crippen LogP contribution in [0, 0.1) is 11.2 Å². The maximum absolute atomic E-state index is 14.0. The van der Waals surface area contributed by atoms with Crippen LogP contribution in [0.5, 0.6) is 5.75 Å². The maximum atomic E-state index is 14.0. The van der Waals surface area contributed by atoms with Gasteiger partial charge >= 0.3 is 0 Å². The number of methoxy groups -OCH3 is 1. The normalized spacial score (nSPS) is 20.6. The number of nitrogens with one attached hydrogen (secondary N) is 1. The van der Waals surface area contributed by atoms with Crippen molar-refractivity contribution in [3.05, 3.63) is 53.8 Å². The molecule has 0 saturated carbocycles. The van der Waals surface area contributed by atoms with Crippen molar-refractivity contribution in [3.8, 4) is 16.9 Å². The van der Waals surface area contributed by atoms with Crippen LogP contribution in [0.25, 0.3) is 11.1 Å². The number of piperidine rings is 1. The highest BCUT2D eigenvalue weighted by atomic mass is 19.1. The summed E-state index contributed by atoms with van der Waals surface area (Å²) >= 11 is 0. The molecular weight excluding hydrogens is 431 g/mol. The van der Waals surface area contributed by atoms with E-state index in [2.05, 4.69) is 29.3 Å².